The maximum Gasteiger partial charge on any atom is 0.199 e. The van der Waals surface area contributed by atoms with Crippen LogP contribution < -0.4 is 0 Å². The number of benzene rings is 3. The number of nitrogens with zero attached hydrogens (tertiary/aromatic N) is 1. The lowest BCUT2D eigenvalue weighted by atomic mass is 10.0. The third-order valence-electron chi connectivity index (χ3n) is 4.86. The summed E-state index contributed by atoms with van der Waals surface area (Å²) in [6.07, 6.45) is 1.75. The monoisotopic (exact) mass is 437 g/mol. The van der Waals surface area contributed by atoms with Crippen molar-refractivity contribution in [3.8, 4) is 22.6 Å². The smallest absolute Gasteiger partial charge is 0.199 e. The van der Waals surface area contributed by atoms with Crippen molar-refractivity contribution in [2.75, 3.05) is 6.26 Å². The molecule has 0 radical (unpaired) electrons. The van der Waals surface area contributed by atoms with Gasteiger partial charge in [-0.3, -0.25) is 0 Å². The van der Waals surface area contributed by atoms with Crippen LogP contribution in [0.25, 0.3) is 22.6 Å². The summed E-state index contributed by atoms with van der Waals surface area (Å²) in [5, 5.41) is 0.656. The molecule has 4 nitrogen and oxygen atoms in total. The highest BCUT2D eigenvalue weighted by Gasteiger charge is 2.19. The second-order valence-corrected chi connectivity index (χ2v) is 9.66. The standard InChI is InChI=1S/C24H20ClNO3S/c1-16-14-19(25)10-13-21(16)23-24(18-8-11-20(12-9-18)30(2,27)28)29-22(26-23)15-17-6-4-3-5-7-17/h3-14H,15H2,1-2H3. The summed E-state index contributed by atoms with van der Waals surface area (Å²) in [6.45, 7) is 1.98. The molecule has 0 spiro atoms. The first-order valence-electron chi connectivity index (χ1n) is 9.42. The Kier molecular flexibility index (Phi) is 5.50. The number of oxazole rings is 1. The normalized spacial score (nSPS) is 11.6. The topological polar surface area (TPSA) is 60.2 Å². The van der Waals surface area contributed by atoms with Crippen LogP contribution in [0.2, 0.25) is 5.02 Å². The van der Waals surface area contributed by atoms with E-state index in [0.29, 0.717) is 28.8 Å². The minimum Gasteiger partial charge on any atom is -0.440 e. The van der Waals surface area contributed by atoms with Gasteiger partial charge in [-0.15, -0.1) is 0 Å². The summed E-state index contributed by atoms with van der Waals surface area (Å²) in [4.78, 5) is 5.05. The van der Waals surface area contributed by atoms with E-state index in [1.807, 2.05) is 55.5 Å². The maximum absolute atomic E-state index is 11.8. The number of hydrogen-bond donors (Lipinski definition) is 0. The first-order valence-corrected chi connectivity index (χ1v) is 11.7. The SMILES string of the molecule is Cc1cc(Cl)ccc1-c1nc(Cc2ccccc2)oc1-c1ccc(S(C)(=O)=O)cc1. The summed E-state index contributed by atoms with van der Waals surface area (Å²) in [5.41, 5.74) is 4.47. The molecule has 1 heterocycles. The molecule has 0 saturated heterocycles. The van der Waals surface area contributed by atoms with E-state index in [9.17, 15) is 8.42 Å². The van der Waals surface area contributed by atoms with E-state index < -0.39 is 9.84 Å². The molecule has 152 valence electrons. The van der Waals surface area contributed by atoms with Crippen LogP contribution in [-0.4, -0.2) is 19.7 Å². The van der Waals surface area contributed by atoms with E-state index in [0.717, 1.165) is 22.3 Å². The van der Waals surface area contributed by atoms with Crippen molar-refractivity contribution < 1.29 is 12.8 Å². The van der Waals surface area contributed by atoms with Crippen molar-refractivity contribution in [2.24, 2.45) is 0 Å². The van der Waals surface area contributed by atoms with Gasteiger partial charge in [0.2, 0.25) is 0 Å². The first kappa shape index (κ1) is 20.4. The number of hydrogen-bond acceptors (Lipinski definition) is 4. The van der Waals surface area contributed by atoms with Crippen molar-refractivity contribution >= 4 is 21.4 Å². The molecule has 0 N–H and O–H groups in total. The van der Waals surface area contributed by atoms with Crippen molar-refractivity contribution in [2.45, 2.75) is 18.2 Å². The van der Waals surface area contributed by atoms with Crippen LogP contribution in [-0.2, 0) is 16.3 Å². The molecule has 0 bridgehead atoms. The molecule has 0 amide bonds. The molecule has 0 fully saturated rings. The second-order valence-electron chi connectivity index (χ2n) is 7.20. The van der Waals surface area contributed by atoms with Crippen LogP contribution in [0.4, 0.5) is 0 Å². The van der Waals surface area contributed by atoms with Gasteiger partial charge in [0.05, 0.1) is 4.90 Å². The third-order valence-corrected chi connectivity index (χ3v) is 6.22. The summed E-state index contributed by atoms with van der Waals surface area (Å²) >= 11 is 6.13. The molecule has 1 aromatic heterocycles. The Morgan fingerprint density at radius 3 is 2.30 bits per heavy atom. The Hall–Kier alpha value is -2.89. The zero-order valence-corrected chi connectivity index (χ0v) is 18.2. The zero-order chi connectivity index (χ0) is 21.3. The molecular formula is C24H20ClNO3S. The van der Waals surface area contributed by atoms with Crippen LogP contribution in [0, 0.1) is 6.92 Å². The predicted molar refractivity (Wildman–Crippen MR) is 119 cm³/mol. The van der Waals surface area contributed by atoms with Gasteiger partial charge in [-0.05, 0) is 54.4 Å². The minimum atomic E-state index is -3.27. The van der Waals surface area contributed by atoms with Crippen LogP contribution in [0.5, 0.6) is 0 Å². The lowest BCUT2D eigenvalue weighted by molar-refractivity contribution is 0.519. The second kappa shape index (κ2) is 8.09. The minimum absolute atomic E-state index is 0.263. The van der Waals surface area contributed by atoms with Gasteiger partial charge in [-0.2, -0.15) is 0 Å². The molecule has 0 aliphatic carbocycles. The van der Waals surface area contributed by atoms with E-state index in [-0.39, 0.29) is 4.90 Å². The average molecular weight is 438 g/mol. The van der Waals surface area contributed by atoms with E-state index >= 15 is 0 Å². The molecule has 30 heavy (non-hydrogen) atoms. The summed E-state index contributed by atoms with van der Waals surface area (Å²) < 4.78 is 29.8. The molecule has 0 atom stereocenters. The molecule has 3 aromatic carbocycles. The van der Waals surface area contributed by atoms with Crippen LogP contribution >= 0.6 is 11.6 Å². The predicted octanol–water partition coefficient (Wildman–Crippen LogP) is 5.96. The van der Waals surface area contributed by atoms with Gasteiger partial charge >= 0.3 is 0 Å². The molecular weight excluding hydrogens is 418 g/mol. The Morgan fingerprint density at radius 2 is 1.67 bits per heavy atom. The van der Waals surface area contributed by atoms with E-state index in [2.05, 4.69) is 0 Å². The van der Waals surface area contributed by atoms with Gasteiger partial charge in [0.25, 0.3) is 0 Å². The summed E-state index contributed by atoms with van der Waals surface area (Å²) in [6, 6.07) is 22.3. The van der Waals surface area contributed by atoms with Crippen LogP contribution in [0.3, 0.4) is 0 Å². The molecule has 0 aliphatic heterocycles. The molecule has 6 heteroatoms. The fourth-order valence-corrected chi connectivity index (χ4v) is 4.19. The summed E-state index contributed by atoms with van der Waals surface area (Å²) in [7, 11) is -3.27. The number of halogens is 1. The molecule has 4 rings (SSSR count). The van der Waals surface area contributed by atoms with Crippen LogP contribution in [0.15, 0.2) is 82.1 Å². The number of sulfone groups is 1. The van der Waals surface area contributed by atoms with Crippen molar-refractivity contribution in [1.82, 2.24) is 4.98 Å². The Bertz CT molecular complexity index is 1290. The average Bonchev–Trinajstić information content (AvgIpc) is 3.11. The van der Waals surface area contributed by atoms with Gasteiger partial charge < -0.3 is 4.42 Å². The largest absolute Gasteiger partial charge is 0.440 e. The Balaban J connectivity index is 1.83. The Labute approximate surface area is 181 Å². The van der Waals surface area contributed by atoms with Gasteiger partial charge in [0, 0.05) is 28.8 Å². The Morgan fingerprint density at radius 1 is 0.967 bits per heavy atom. The molecule has 0 saturated carbocycles. The lowest BCUT2D eigenvalue weighted by Crippen LogP contribution is -1.96. The van der Waals surface area contributed by atoms with Gasteiger partial charge in [-0.1, -0.05) is 48.0 Å². The van der Waals surface area contributed by atoms with Gasteiger partial charge in [0.1, 0.15) is 5.69 Å². The maximum atomic E-state index is 11.8. The van der Waals surface area contributed by atoms with E-state index in [1.165, 1.54) is 6.26 Å². The van der Waals surface area contributed by atoms with Crippen molar-refractivity contribution in [1.29, 1.82) is 0 Å². The van der Waals surface area contributed by atoms with Crippen molar-refractivity contribution in [3.63, 3.8) is 0 Å². The highest BCUT2D eigenvalue weighted by molar-refractivity contribution is 7.90. The van der Waals surface area contributed by atoms with Gasteiger partial charge in [-0.25, -0.2) is 13.4 Å². The lowest BCUT2D eigenvalue weighted by Gasteiger charge is -2.06. The first-order chi connectivity index (χ1) is 14.3. The summed E-state index contributed by atoms with van der Waals surface area (Å²) in [5.74, 6) is 1.19. The number of aromatic nitrogens is 1. The van der Waals surface area contributed by atoms with E-state index in [1.54, 1.807) is 24.3 Å². The quantitative estimate of drug-likeness (QED) is 0.386. The third kappa shape index (κ3) is 4.32. The van der Waals surface area contributed by atoms with Gasteiger partial charge in [0.15, 0.2) is 21.5 Å². The highest BCUT2D eigenvalue weighted by Crippen LogP contribution is 2.36. The fraction of sp³-hybridized carbons (Fsp3) is 0.125. The van der Waals surface area contributed by atoms with Crippen molar-refractivity contribution in [3.05, 3.63) is 94.8 Å². The fourth-order valence-electron chi connectivity index (χ4n) is 3.34. The highest BCUT2D eigenvalue weighted by atomic mass is 35.5. The van der Waals surface area contributed by atoms with E-state index in [4.69, 9.17) is 21.0 Å². The molecule has 4 aromatic rings. The number of aryl methyl sites for hydroxylation is 1. The zero-order valence-electron chi connectivity index (χ0n) is 16.6. The molecule has 0 unspecified atom stereocenters. The molecule has 0 aliphatic rings. The van der Waals surface area contributed by atoms with Crippen LogP contribution in [0.1, 0.15) is 17.0 Å². The number of rotatable bonds is 5.